The molecular formula is C17H25NO3. The van der Waals surface area contributed by atoms with Crippen molar-refractivity contribution in [2.24, 2.45) is 10.6 Å². The summed E-state index contributed by atoms with van der Waals surface area (Å²) in [5.74, 6) is 0.393. The van der Waals surface area contributed by atoms with E-state index in [1.807, 2.05) is 24.3 Å². The fourth-order valence-corrected chi connectivity index (χ4v) is 1.44. The molecule has 0 radical (unpaired) electrons. The molecule has 1 aromatic carbocycles. The first-order valence-corrected chi connectivity index (χ1v) is 7.07. The van der Waals surface area contributed by atoms with Crippen LogP contribution in [-0.2, 0) is 15.0 Å². The van der Waals surface area contributed by atoms with E-state index < -0.39 is 5.41 Å². The van der Waals surface area contributed by atoms with Crippen molar-refractivity contribution >= 4 is 12.2 Å². The summed E-state index contributed by atoms with van der Waals surface area (Å²) in [6.45, 7) is 12.1. The predicted octanol–water partition coefficient (Wildman–Crippen LogP) is 3.94. The van der Waals surface area contributed by atoms with Crippen LogP contribution in [0.4, 0.5) is 0 Å². The molecule has 4 heteroatoms. The van der Waals surface area contributed by atoms with Crippen LogP contribution in [0.25, 0.3) is 0 Å². The molecule has 0 N–H and O–H groups in total. The van der Waals surface area contributed by atoms with Crippen molar-refractivity contribution in [2.45, 2.75) is 47.0 Å². The van der Waals surface area contributed by atoms with Crippen molar-refractivity contribution in [1.29, 1.82) is 0 Å². The minimum atomic E-state index is -0.555. The Morgan fingerprint density at radius 1 is 1.10 bits per heavy atom. The molecule has 21 heavy (non-hydrogen) atoms. The SMILES string of the molecule is CC(C)(C)C(=O)O/N=C/COc1ccc(C(C)(C)C)cc1. The van der Waals surface area contributed by atoms with E-state index in [9.17, 15) is 4.79 Å². The van der Waals surface area contributed by atoms with Crippen LogP contribution in [0, 0.1) is 5.41 Å². The number of rotatable bonds is 4. The first kappa shape index (κ1) is 17.2. The van der Waals surface area contributed by atoms with Crippen molar-refractivity contribution in [3.63, 3.8) is 0 Å². The molecule has 0 saturated carbocycles. The van der Waals surface area contributed by atoms with Crippen LogP contribution in [-0.4, -0.2) is 18.8 Å². The number of hydrogen-bond acceptors (Lipinski definition) is 4. The quantitative estimate of drug-likeness (QED) is 0.479. The molecule has 1 rings (SSSR count). The summed E-state index contributed by atoms with van der Waals surface area (Å²) in [6.07, 6.45) is 1.43. The summed E-state index contributed by atoms with van der Waals surface area (Å²) >= 11 is 0. The zero-order valence-corrected chi connectivity index (χ0v) is 13.8. The summed E-state index contributed by atoms with van der Waals surface area (Å²) in [5.41, 5.74) is 0.824. The fraction of sp³-hybridized carbons (Fsp3) is 0.529. The van der Waals surface area contributed by atoms with Crippen LogP contribution in [0.15, 0.2) is 29.4 Å². The van der Waals surface area contributed by atoms with Gasteiger partial charge in [0.2, 0.25) is 0 Å². The summed E-state index contributed by atoms with van der Waals surface area (Å²) < 4.78 is 5.50. The zero-order chi connectivity index (χ0) is 16.1. The minimum absolute atomic E-state index is 0.126. The summed E-state index contributed by atoms with van der Waals surface area (Å²) in [4.78, 5) is 16.2. The molecule has 0 unspecified atom stereocenters. The van der Waals surface area contributed by atoms with Gasteiger partial charge in [0.05, 0.1) is 11.6 Å². The molecule has 0 heterocycles. The monoisotopic (exact) mass is 291 g/mol. The van der Waals surface area contributed by atoms with Crippen LogP contribution in [0.1, 0.15) is 47.1 Å². The topological polar surface area (TPSA) is 47.9 Å². The van der Waals surface area contributed by atoms with Gasteiger partial charge in [-0.3, -0.25) is 0 Å². The second-order valence-corrected chi connectivity index (χ2v) is 7.00. The Kier molecular flexibility index (Phi) is 5.53. The van der Waals surface area contributed by atoms with Gasteiger partial charge in [-0.05, 0) is 43.9 Å². The maximum atomic E-state index is 11.5. The standard InChI is InChI=1S/C17H25NO3/c1-16(2,3)13-7-9-14(10-8-13)20-12-11-18-21-15(19)17(4,5)6/h7-11H,12H2,1-6H3/b18-11+. The van der Waals surface area contributed by atoms with E-state index in [2.05, 4.69) is 25.9 Å². The van der Waals surface area contributed by atoms with Crippen molar-refractivity contribution in [1.82, 2.24) is 0 Å². The van der Waals surface area contributed by atoms with Crippen LogP contribution in [0.3, 0.4) is 0 Å². The fourth-order valence-electron chi connectivity index (χ4n) is 1.44. The zero-order valence-electron chi connectivity index (χ0n) is 13.8. The molecule has 0 atom stereocenters. The molecule has 0 aliphatic carbocycles. The highest BCUT2D eigenvalue weighted by molar-refractivity contribution is 5.75. The van der Waals surface area contributed by atoms with E-state index in [0.29, 0.717) is 0 Å². The van der Waals surface area contributed by atoms with Gasteiger partial charge >= 0.3 is 5.97 Å². The second-order valence-electron chi connectivity index (χ2n) is 7.00. The number of oxime groups is 1. The molecule has 0 aliphatic rings. The van der Waals surface area contributed by atoms with E-state index in [0.717, 1.165) is 5.75 Å². The average molecular weight is 291 g/mol. The number of carbonyl (C=O) groups is 1. The molecule has 1 aromatic rings. The minimum Gasteiger partial charge on any atom is -0.488 e. The molecule has 0 spiro atoms. The van der Waals surface area contributed by atoms with Crippen molar-refractivity contribution in [3.05, 3.63) is 29.8 Å². The van der Waals surface area contributed by atoms with Gasteiger partial charge in [0.1, 0.15) is 12.4 Å². The predicted molar refractivity (Wildman–Crippen MR) is 84.7 cm³/mol. The van der Waals surface area contributed by atoms with E-state index >= 15 is 0 Å². The second kappa shape index (κ2) is 6.74. The number of nitrogens with zero attached hydrogens (tertiary/aromatic N) is 1. The van der Waals surface area contributed by atoms with Crippen LogP contribution in [0.2, 0.25) is 0 Å². The molecule has 0 amide bonds. The maximum absolute atomic E-state index is 11.5. The van der Waals surface area contributed by atoms with E-state index in [-0.39, 0.29) is 18.0 Å². The number of benzene rings is 1. The molecular weight excluding hydrogens is 266 g/mol. The van der Waals surface area contributed by atoms with Gasteiger partial charge in [0.15, 0.2) is 0 Å². The van der Waals surface area contributed by atoms with Gasteiger partial charge in [-0.2, -0.15) is 0 Å². The van der Waals surface area contributed by atoms with Crippen molar-refractivity contribution in [2.75, 3.05) is 6.61 Å². The van der Waals surface area contributed by atoms with Crippen molar-refractivity contribution < 1.29 is 14.4 Å². The van der Waals surface area contributed by atoms with E-state index in [4.69, 9.17) is 9.57 Å². The highest BCUT2D eigenvalue weighted by Gasteiger charge is 2.23. The molecule has 0 saturated heterocycles. The van der Waals surface area contributed by atoms with Gasteiger partial charge in [0.25, 0.3) is 0 Å². The Bertz CT molecular complexity index is 490. The molecule has 0 bridgehead atoms. The van der Waals surface area contributed by atoms with Gasteiger partial charge in [-0.15, -0.1) is 0 Å². The van der Waals surface area contributed by atoms with E-state index in [1.54, 1.807) is 20.8 Å². The van der Waals surface area contributed by atoms with Gasteiger partial charge in [-0.25, -0.2) is 4.79 Å². The lowest BCUT2D eigenvalue weighted by molar-refractivity contribution is -0.152. The smallest absolute Gasteiger partial charge is 0.340 e. The Morgan fingerprint density at radius 2 is 1.67 bits per heavy atom. The van der Waals surface area contributed by atoms with Crippen LogP contribution in [0.5, 0.6) is 5.75 Å². The Balaban J connectivity index is 2.41. The Morgan fingerprint density at radius 3 is 2.14 bits per heavy atom. The van der Waals surface area contributed by atoms with E-state index in [1.165, 1.54) is 11.8 Å². The highest BCUT2D eigenvalue weighted by atomic mass is 16.7. The Labute approximate surface area is 127 Å². The molecule has 0 aliphatic heterocycles. The molecule has 0 fully saturated rings. The summed E-state index contributed by atoms with van der Waals surface area (Å²) in [6, 6.07) is 7.95. The lowest BCUT2D eigenvalue weighted by Gasteiger charge is -2.19. The molecule has 4 nitrogen and oxygen atoms in total. The first-order chi connectivity index (χ1) is 9.60. The third-order valence-electron chi connectivity index (χ3n) is 2.87. The lowest BCUT2D eigenvalue weighted by Crippen LogP contribution is -2.21. The summed E-state index contributed by atoms with van der Waals surface area (Å²) in [5, 5.41) is 3.61. The van der Waals surface area contributed by atoms with Crippen molar-refractivity contribution in [3.8, 4) is 5.75 Å². The normalized spacial score (nSPS) is 12.5. The first-order valence-electron chi connectivity index (χ1n) is 7.07. The number of hydrogen-bond donors (Lipinski definition) is 0. The largest absolute Gasteiger partial charge is 0.488 e. The van der Waals surface area contributed by atoms with Gasteiger partial charge in [0, 0.05) is 0 Å². The molecule has 116 valence electrons. The summed E-state index contributed by atoms with van der Waals surface area (Å²) in [7, 11) is 0. The lowest BCUT2D eigenvalue weighted by atomic mass is 9.87. The average Bonchev–Trinajstić information content (AvgIpc) is 2.36. The van der Waals surface area contributed by atoms with Gasteiger partial charge < -0.3 is 9.57 Å². The van der Waals surface area contributed by atoms with Gasteiger partial charge in [-0.1, -0.05) is 38.1 Å². The highest BCUT2D eigenvalue weighted by Crippen LogP contribution is 2.24. The van der Waals surface area contributed by atoms with Crippen LogP contribution < -0.4 is 4.74 Å². The number of ether oxygens (including phenoxy) is 1. The molecule has 0 aromatic heterocycles. The third-order valence-corrected chi connectivity index (χ3v) is 2.87. The third kappa shape index (κ3) is 5.98. The maximum Gasteiger partial charge on any atom is 0.340 e. The Hall–Kier alpha value is -1.84. The van der Waals surface area contributed by atoms with Crippen LogP contribution >= 0.6 is 0 Å². The number of carbonyl (C=O) groups excluding carboxylic acids is 1.